The van der Waals surface area contributed by atoms with Gasteiger partial charge in [0.25, 0.3) is 0 Å². The van der Waals surface area contributed by atoms with Crippen LogP contribution in [-0.4, -0.2) is 41.8 Å². The van der Waals surface area contributed by atoms with Crippen molar-refractivity contribution in [2.75, 3.05) is 13.7 Å². The number of methoxy groups -OCH3 is 1. The van der Waals surface area contributed by atoms with Crippen LogP contribution in [0.25, 0.3) is 0 Å². The first-order chi connectivity index (χ1) is 9.54. The smallest absolute Gasteiger partial charge is 0.321 e. The Bertz CT molecular complexity index is 516. The molecule has 1 aliphatic heterocycles. The van der Waals surface area contributed by atoms with Gasteiger partial charge in [-0.2, -0.15) is 0 Å². The van der Waals surface area contributed by atoms with Gasteiger partial charge in [0.15, 0.2) is 0 Å². The second-order valence-electron chi connectivity index (χ2n) is 4.83. The number of carboxylic acid groups (broad SMARTS) is 2. The third-order valence-corrected chi connectivity index (χ3v) is 3.72. The fourth-order valence-electron chi connectivity index (χ4n) is 2.83. The second-order valence-corrected chi connectivity index (χ2v) is 4.83. The van der Waals surface area contributed by atoms with E-state index in [1.807, 2.05) is 18.2 Å². The summed E-state index contributed by atoms with van der Waals surface area (Å²) < 4.78 is 5.28. The van der Waals surface area contributed by atoms with Gasteiger partial charge < -0.3 is 20.3 Å². The number of para-hydroxylation sites is 1. The molecule has 6 nitrogen and oxygen atoms in total. The van der Waals surface area contributed by atoms with Crippen molar-refractivity contribution >= 4 is 11.9 Å². The number of carboxylic acids is 2. The van der Waals surface area contributed by atoms with Gasteiger partial charge in [0.2, 0.25) is 0 Å². The maximum atomic E-state index is 11.2. The minimum atomic E-state index is -1.02. The molecule has 2 rings (SSSR count). The van der Waals surface area contributed by atoms with Gasteiger partial charge in [0.05, 0.1) is 13.5 Å². The molecule has 3 atom stereocenters. The molecule has 1 heterocycles. The Balaban J connectivity index is 2.34. The van der Waals surface area contributed by atoms with Gasteiger partial charge in [0, 0.05) is 18.4 Å². The Hall–Kier alpha value is -2.08. The van der Waals surface area contributed by atoms with E-state index < -0.39 is 23.9 Å². The first kappa shape index (κ1) is 14.3. The molecule has 20 heavy (non-hydrogen) atoms. The topological polar surface area (TPSA) is 95.9 Å². The van der Waals surface area contributed by atoms with Crippen molar-refractivity contribution in [3.63, 3.8) is 0 Å². The van der Waals surface area contributed by atoms with Crippen LogP contribution < -0.4 is 10.1 Å². The third kappa shape index (κ3) is 2.75. The van der Waals surface area contributed by atoms with E-state index in [1.54, 1.807) is 13.2 Å². The minimum Gasteiger partial charge on any atom is -0.496 e. The molecule has 1 fully saturated rings. The Morgan fingerprint density at radius 1 is 1.35 bits per heavy atom. The van der Waals surface area contributed by atoms with Crippen LogP contribution in [0.5, 0.6) is 5.75 Å². The highest BCUT2D eigenvalue weighted by atomic mass is 16.5. The summed E-state index contributed by atoms with van der Waals surface area (Å²) in [6.45, 7) is 0.426. The summed E-state index contributed by atoms with van der Waals surface area (Å²) in [5, 5.41) is 21.1. The van der Waals surface area contributed by atoms with Crippen molar-refractivity contribution in [3.05, 3.63) is 29.8 Å². The Morgan fingerprint density at radius 3 is 2.65 bits per heavy atom. The standard InChI is InChI=1S/C14H17NO5/c1-20-11-5-3-2-4-8(11)10-7-15-13(14(18)19)9(10)6-12(16)17/h2-5,9-10,13,15H,6-7H2,1H3,(H,16,17)(H,18,19)/t9-,10?,13-/m0/s1. The molecular weight excluding hydrogens is 262 g/mol. The number of aliphatic carboxylic acids is 2. The average Bonchev–Trinajstić information content (AvgIpc) is 2.81. The SMILES string of the molecule is COc1ccccc1C1CN[C@H](C(=O)O)[C@H]1CC(=O)O. The average molecular weight is 279 g/mol. The van der Waals surface area contributed by atoms with E-state index in [9.17, 15) is 14.7 Å². The second kappa shape index (κ2) is 5.92. The number of benzene rings is 1. The van der Waals surface area contributed by atoms with Gasteiger partial charge in [-0.3, -0.25) is 9.59 Å². The van der Waals surface area contributed by atoms with Crippen molar-refractivity contribution in [3.8, 4) is 5.75 Å². The zero-order valence-corrected chi connectivity index (χ0v) is 11.1. The number of hydrogen-bond acceptors (Lipinski definition) is 4. The summed E-state index contributed by atoms with van der Waals surface area (Å²) in [4.78, 5) is 22.2. The molecule has 1 saturated heterocycles. The van der Waals surface area contributed by atoms with Crippen LogP contribution in [0, 0.1) is 5.92 Å². The van der Waals surface area contributed by atoms with Crippen LogP contribution in [0.1, 0.15) is 17.9 Å². The number of ether oxygens (including phenoxy) is 1. The summed E-state index contributed by atoms with van der Waals surface area (Å²) >= 11 is 0. The van der Waals surface area contributed by atoms with Crippen molar-refractivity contribution in [2.45, 2.75) is 18.4 Å². The van der Waals surface area contributed by atoms with E-state index in [2.05, 4.69) is 5.32 Å². The van der Waals surface area contributed by atoms with Crippen LogP contribution >= 0.6 is 0 Å². The maximum Gasteiger partial charge on any atom is 0.321 e. The highest BCUT2D eigenvalue weighted by Gasteiger charge is 2.42. The van der Waals surface area contributed by atoms with E-state index in [4.69, 9.17) is 9.84 Å². The lowest BCUT2D eigenvalue weighted by Crippen LogP contribution is -2.36. The summed E-state index contributed by atoms with van der Waals surface area (Å²) in [6.07, 6.45) is -0.188. The molecule has 1 aromatic carbocycles. The molecule has 1 aliphatic rings. The lowest BCUT2D eigenvalue weighted by molar-refractivity contribution is -0.142. The Kier molecular flexibility index (Phi) is 4.24. The summed E-state index contributed by atoms with van der Waals surface area (Å²) in [5.74, 6) is -2.05. The van der Waals surface area contributed by atoms with Crippen LogP contribution in [-0.2, 0) is 9.59 Å². The zero-order valence-electron chi connectivity index (χ0n) is 11.1. The number of carbonyl (C=O) groups is 2. The van der Waals surface area contributed by atoms with E-state index >= 15 is 0 Å². The van der Waals surface area contributed by atoms with Crippen molar-refractivity contribution < 1.29 is 24.5 Å². The maximum absolute atomic E-state index is 11.2. The fraction of sp³-hybridized carbons (Fsp3) is 0.429. The first-order valence-electron chi connectivity index (χ1n) is 6.35. The molecule has 0 spiro atoms. The highest BCUT2D eigenvalue weighted by Crippen LogP contribution is 2.38. The lowest BCUT2D eigenvalue weighted by Gasteiger charge is -2.22. The molecule has 1 aromatic rings. The lowest BCUT2D eigenvalue weighted by atomic mass is 9.82. The van der Waals surface area contributed by atoms with E-state index in [0.717, 1.165) is 5.56 Å². The van der Waals surface area contributed by atoms with Gasteiger partial charge in [-0.15, -0.1) is 0 Å². The third-order valence-electron chi connectivity index (χ3n) is 3.72. The van der Waals surface area contributed by atoms with Crippen molar-refractivity contribution in [2.24, 2.45) is 5.92 Å². The zero-order chi connectivity index (χ0) is 14.7. The van der Waals surface area contributed by atoms with Gasteiger partial charge >= 0.3 is 11.9 Å². The summed E-state index contributed by atoms with van der Waals surface area (Å²) in [6, 6.07) is 6.46. The molecule has 0 radical (unpaired) electrons. The van der Waals surface area contributed by atoms with Gasteiger partial charge in [0.1, 0.15) is 11.8 Å². The highest BCUT2D eigenvalue weighted by molar-refractivity contribution is 5.77. The molecular formula is C14H17NO5. The van der Waals surface area contributed by atoms with E-state index in [1.165, 1.54) is 0 Å². The van der Waals surface area contributed by atoms with Crippen LogP contribution in [0.2, 0.25) is 0 Å². The quantitative estimate of drug-likeness (QED) is 0.742. The molecule has 6 heteroatoms. The summed E-state index contributed by atoms with van der Waals surface area (Å²) in [7, 11) is 1.54. The van der Waals surface area contributed by atoms with Gasteiger partial charge in [-0.1, -0.05) is 18.2 Å². The van der Waals surface area contributed by atoms with Crippen molar-refractivity contribution in [1.82, 2.24) is 5.32 Å². The monoisotopic (exact) mass is 279 g/mol. The molecule has 108 valence electrons. The fourth-order valence-corrected chi connectivity index (χ4v) is 2.83. The predicted octanol–water partition coefficient (Wildman–Crippen LogP) is 0.926. The largest absolute Gasteiger partial charge is 0.496 e. The molecule has 0 bridgehead atoms. The first-order valence-corrected chi connectivity index (χ1v) is 6.35. The van der Waals surface area contributed by atoms with E-state index in [0.29, 0.717) is 12.3 Å². The van der Waals surface area contributed by atoms with Crippen LogP contribution in [0.15, 0.2) is 24.3 Å². The molecule has 3 N–H and O–H groups in total. The van der Waals surface area contributed by atoms with Crippen LogP contribution in [0.4, 0.5) is 0 Å². The predicted molar refractivity (Wildman–Crippen MR) is 70.9 cm³/mol. The number of hydrogen-bond donors (Lipinski definition) is 3. The molecule has 0 saturated carbocycles. The van der Waals surface area contributed by atoms with Gasteiger partial charge in [-0.25, -0.2) is 0 Å². The molecule has 0 aliphatic carbocycles. The Morgan fingerprint density at radius 2 is 2.05 bits per heavy atom. The minimum absolute atomic E-state index is 0.188. The van der Waals surface area contributed by atoms with Gasteiger partial charge in [-0.05, 0) is 11.6 Å². The molecule has 0 aromatic heterocycles. The van der Waals surface area contributed by atoms with E-state index in [-0.39, 0.29) is 12.3 Å². The molecule has 1 unspecified atom stereocenters. The van der Waals surface area contributed by atoms with Crippen LogP contribution in [0.3, 0.4) is 0 Å². The summed E-state index contributed by atoms with van der Waals surface area (Å²) in [5.41, 5.74) is 0.845. The van der Waals surface area contributed by atoms with Crippen molar-refractivity contribution in [1.29, 1.82) is 0 Å². The normalized spacial score (nSPS) is 25.4. The number of nitrogens with one attached hydrogen (secondary N) is 1. The number of rotatable bonds is 5. The molecule has 0 amide bonds. The Labute approximate surface area is 116 Å².